The van der Waals surface area contributed by atoms with Crippen LogP contribution in [0.1, 0.15) is 27.0 Å². The van der Waals surface area contributed by atoms with E-state index >= 15 is 4.39 Å². The summed E-state index contributed by atoms with van der Waals surface area (Å²) in [6, 6.07) is 7.23. The number of nitrogens with zero attached hydrogens (tertiary/aromatic N) is 2. The number of halogens is 1. The maximum absolute atomic E-state index is 15.6. The maximum atomic E-state index is 15.6. The first-order valence-electron chi connectivity index (χ1n) is 9.78. The van der Waals surface area contributed by atoms with E-state index in [0.717, 1.165) is 5.56 Å². The van der Waals surface area contributed by atoms with Gasteiger partial charge in [0.25, 0.3) is 0 Å². The van der Waals surface area contributed by atoms with Gasteiger partial charge in [-0.15, -0.1) is 0 Å². The zero-order valence-corrected chi connectivity index (χ0v) is 16.2. The highest BCUT2D eigenvalue weighted by atomic mass is 19.1. The minimum absolute atomic E-state index is 0.0287. The molecule has 2 aromatic carbocycles. The minimum atomic E-state index is -0.460. The quantitative estimate of drug-likeness (QED) is 0.598. The molecule has 1 atom stereocenters. The molecule has 5 rings (SSSR count). The van der Waals surface area contributed by atoms with Crippen LogP contribution in [0, 0.1) is 12.7 Å². The van der Waals surface area contributed by atoms with Gasteiger partial charge in [0, 0.05) is 48.4 Å². The van der Waals surface area contributed by atoms with E-state index in [-0.39, 0.29) is 30.1 Å². The number of carbonyl (C=O) groups excluding carboxylic acids is 2. The molecule has 148 valence electrons. The Kier molecular flexibility index (Phi) is 4.06. The lowest BCUT2D eigenvalue weighted by molar-refractivity contribution is -0.129. The highest BCUT2D eigenvalue weighted by Gasteiger charge is 2.37. The first-order valence-corrected chi connectivity index (χ1v) is 9.78. The number of fused-ring (bicyclic) bond motifs is 5. The van der Waals surface area contributed by atoms with Gasteiger partial charge in [-0.1, -0.05) is 24.8 Å². The number of piperazine rings is 1. The molecule has 1 fully saturated rings. The molecule has 0 unspecified atom stereocenters. The van der Waals surface area contributed by atoms with Crippen LogP contribution in [0.2, 0.25) is 0 Å². The average Bonchev–Trinajstić information content (AvgIpc) is 2.89. The van der Waals surface area contributed by atoms with Crippen molar-refractivity contribution in [2.75, 3.05) is 26.2 Å². The van der Waals surface area contributed by atoms with Gasteiger partial charge in [0.05, 0.1) is 6.04 Å². The minimum Gasteiger partial charge on any atom is -0.488 e. The van der Waals surface area contributed by atoms with Gasteiger partial charge >= 0.3 is 0 Å². The van der Waals surface area contributed by atoms with Crippen LogP contribution in [0.5, 0.6) is 5.75 Å². The predicted molar refractivity (Wildman–Crippen MR) is 106 cm³/mol. The molecule has 6 heteroatoms. The summed E-state index contributed by atoms with van der Waals surface area (Å²) < 4.78 is 21.6. The fourth-order valence-electron chi connectivity index (χ4n) is 4.70. The second kappa shape index (κ2) is 6.52. The van der Waals surface area contributed by atoms with Gasteiger partial charge in [-0.25, -0.2) is 4.39 Å². The van der Waals surface area contributed by atoms with Gasteiger partial charge in [-0.05, 0) is 30.2 Å². The highest BCUT2D eigenvalue weighted by Crippen LogP contribution is 2.45. The highest BCUT2D eigenvalue weighted by molar-refractivity contribution is 6.22. The number of aryl methyl sites for hydroxylation is 1. The van der Waals surface area contributed by atoms with Crippen molar-refractivity contribution < 1.29 is 18.7 Å². The van der Waals surface area contributed by atoms with Gasteiger partial charge in [0.2, 0.25) is 5.91 Å². The van der Waals surface area contributed by atoms with Crippen molar-refractivity contribution in [1.82, 2.24) is 9.80 Å². The van der Waals surface area contributed by atoms with E-state index in [1.807, 2.05) is 19.1 Å². The SMILES string of the molecule is C=CC(=O)N1CCN2Cc3cc4c(c(F)c3OC[C@H]2C1)-c1c(C)cccc1C4=O. The Morgan fingerprint density at radius 3 is 2.90 bits per heavy atom. The van der Waals surface area contributed by atoms with E-state index in [1.165, 1.54) is 6.08 Å². The van der Waals surface area contributed by atoms with Crippen LogP contribution in [-0.4, -0.2) is 53.8 Å². The van der Waals surface area contributed by atoms with E-state index in [0.29, 0.717) is 54.0 Å². The zero-order valence-electron chi connectivity index (χ0n) is 16.2. The van der Waals surface area contributed by atoms with Crippen molar-refractivity contribution in [3.05, 3.63) is 65.0 Å². The second-order valence-electron chi connectivity index (χ2n) is 7.85. The lowest BCUT2D eigenvalue weighted by Crippen LogP contribution is -2.55. The van der Waals surface area contributed by atoms with Crippen LogP contribution < -0.4 is 4.74 Å². The Bertz CT molecular complexity index is 1080. The van der Waals surface area contributed by atoms with E-state index in [4.69, 9.17) is 4.74 Å². The molecule has 1 amide bonds. The van der Waals surface area contributed by atoms with Crippen molar-refractivity contribution in [1.29, 1.82) is 0 Å². The Hall–Kier alpha value is -2.99. The fraction of sp³-hybridized carbons (Fsp3) is 0.304. The normalized spacial score (nSPS) is 20.1. The number of hydrogen-bond acceptors (Lipinski definition) is 4. The molecule has 0 saturated carbocycles. The monoisotopic (exact) mass is 392 g/mol. The number of rotatable bonds is 1. The summed E-state index contributed by atoms with van der Waals surface area (Å²) in [6.07, 6.45) is 1.32. The van der Waals surface area contributed by atoms with Crippen molar-refractivity contribution in [3.63, 3.8) is 0 Å². The molecule has 0 spiro atoms. The molecule has 1 aliphatic carbocycles. The van der Waals surface area contributed by atoms with E-state index in [1.54, 1.807) is 17.0 Å². The molecule has 0 N–H and O–H groups in total. The number of hydrogen-bond donors (Lipinski definition) is 0. The third-order valence-electron chi connectivity index (χ3n) is 6.19. The van der Waals surface area contributed by atoms with E-state index in [2.05, 4.69) is 11.5 Å². The maximum Gasteiger partial charge on any atom is 0.246 e. The van der Waals surface area contributed by atoms with Crippen LogP contribution in [0.25, 0.3) is 11.1 Å². The molecule has 2 heterocycles. The molecule has 0 bridgehead atoms. The van der Waals surface area contributed by atoms with Gasteiger partial charge < -0.3 is 9.64 Å². The Labute approximate surface area is 168 Å². The molecule has 2 aliphatic heterocycles. The van der Waals surface area contributed by atoms with Gasteiger partial charge in [-0.3, -0.25) is 14.5 Å². The van der Waals surface area contributed by atoms with Crippen molar-refractivity contribution >= 4 is 11.7 Å². The third kappa shape index (κ3) is 2.63. The first kappa shape index (κ1) is 18.1. The van der Waals surface area contributed by atoms with Crippen molar-refractivity contribution in [3.8, 4) is 16.9 Å². The number of carbonyl (C=O) groups is 2. The summed E-state index contributed by atoms with van der Waals surface area (Å²) in [5.74, 6) is -0.474. The van der Waals surface area contributed by atoms with Crippen LogP contribution in [-0.2, 0) is 11.3 Å². The summed E-state index contributed by atoms with van der Waals surface area (Å²) in [6.45, 7) is 7.99. The number of ether oxygens (including phenoxy) is 1. The lowest BCUT2D eigenvalue weighted by atomic mass is 9.98. The van der Waals surface area contributed by atoms with Gasteiger partial charge in [0.15, 0.2) is 17.3 Å². The van der Waals surface area contributed by atoms with Crippen LogP contribution in [0.4, 0.5) is 4.39 Å². The zero-order chi connectivity index (χ0) is 20.3. The molecule has 1 saturated heterocycles. The molecule has 0 radical (unpaired) electrons. The first-order chi connectivity index (χ1) is 14.0. The van der Waals surface area contributed by atoms with Gasteiger partial charge in [-0.2, -0.15) is 0 Å². The smallest absolute Gasteiger partial charge is 0.246 e. The molecule has 2 aromatic rings. The number of ketones is 1. The summed E-state index contributed by atoms with van der Waals surface area (Å²) in [4.78, 5) is 28.8. The second-order valence-corrected chi connectivity index (χ2v) is 7.85. The molecular formula is C23H21FN2O3. The van der Waals surface area contributed by atoms with Crippen molar-refractivity contribution in [2.24, 2.45) is 0 Å². The van der Waals surface area contributed by atoms with Gasteiger partial charge in [0.1, 0.15) is 6.61 Å². The molecule has 3 aliphatic rings. The van der Waals surface area contributed by atoms with Crippen LogP contribution in [0.15, 0.2) is 36.9 Å². The summed E-state index contributed by atoms with van der Waals surface area (Å²) in [5.41, 5.74) is 3.54. The predicted octanol–water partition coefficient (Wildman–Crippen LogP) is 2.94. The summed E-state index contributed by atoms with van der Waals surface area (Å²) >= 11 is 0. The molecular weight excluding hydrogens is 371 g/mol. The number of benzene rings is 2. The fourth-order valence-corrected chi connectivity index (χ4v) is 4.70. The third-order valence-corrected chi connectivity index (χ3v) is 6.19. The van der Waals surface area contributed by atoms with Crippen LogP contribution >= 0.6 is 0 Å². The van der Waals surface area contributed by atoms with Crippen LogP contribution in [0.3, 0.4) is 0 Å². The Morgan fingerprint density at radius 1 is 1.28 bits per heavy atom. The van der Waals surface area contributed by atoms with E-state index < -0.39 is 5.82 Å². The topological polar surface area (TPSA) is 49.9 Å². The molecule has 29 heavy (non-hydrogen) atoms. The van der Waals surface area contributed by atoms with E-state index in [9.17, 15) is 9.59 Å². The van der Waals surface area contributed by atoms with Crippen molar-refractivity contribution in [2.45, 2.75) is 19.5 Å². The Morgan fingerprint density at radius 2 is 2.10 bits per heavy atom. The summed E-state index contributed by atoms with van der Waals surface area (Å²) in [7, 11) is 0. The lowest BCUT2D eigenvalue weighted by Gasteiger charge is -2.39. The largest absolute Gasteiger partial charge is 0.488 e. The molecule has 5 nitrogen and oxygen atoms in total. The average molecular weight is 392 g/mol. The summed E-state index contributed by atoms with van der Waals surface area (Å²) in [5, 5.41) is 0. The standard InChI is InChI=1S/C23H21FN2O3/c1-3-18(27)26-8-7-25-10-14-9-17-20(21(24)23(14)29-12-15(25)11-26)19-13(2)5-4-6-16(19)22(17)28/h3-6,9,15H,1,7-8,10-12H2,2H3/t15-/m1/s1. The number of amides is 1. The molecule has 0 aromatic heterocycles. The Balaban J connectivity index is 1.55.